The molecule has 3 nitrogen and oxygen atoms in total. The molecule has 1 amide bonds. The van der Waals surface area contributed by atoms with E-state index in [-0.39, 0.29) is 11.3 Å². The molecule has 2 aliphatic heterocycles. The molecule has 16 heavy (non-hydrogen) atoms. The number of nitrogens with zero attached hydrogens (tertiary/aromatic N) is 1. The van der Waals surface area contributed by atoms with Crippen molar-refractivity contribution in [3.63, 3.8) is 0 Å². The first-order valence-electron chi connectivity index (χ1n) is 5.89. The molecular formula is C13H16N2O. The van der Waals surface area contributed by atoms with Crippen molar-refractivity contribution in [1.29, 1.82) is 0 Å². The van der Waals surface area contributed by atoms with Crippen LogP contribution < -0.4 is 5.32 Å². The second-order valence-corrected chi connectivity index (χ2v) is 4.70. The Morgan fingerprint density at radius 3 is 3.00 bits per heavy atom. The number of rotatable bonds is 1. The molecule has 1 N–H and O–H groups in total. The summed E-state index contributed by atoms with van der Waals surface area (Å²) in [6.45, 7) is 5.07. The van der Waals surface area contributed by atoms with Crippen LogP contribution in [0.1, 0.15) is 18.9 Å². The highest BCUT2D eigenvalue weighted by Gasteiger charge is 2.50. The van der Waals surface area contributed by atoms with E-state index >= 15 is 0 Å². The zero-order chi connectivity index (χ0) is 11.2. The Kier molecular flexibility index (Phi) is 2.04. The van der Waals surface area contributed by atoms with Crippen LogP contribution in [-0.4, -0.2) is 30.4 Å². The lowest BCUT2D eigenvalue weighted by molar-refractivity contribution is -0.120. The van der Waals surface area contributed by atoms with E-state index in [1.807, 2.05) is 18.2 Å². The number of likely N-dealkylation sites (tertiary alicyclic amines) is 1. The second kappa shape index (κ2) is 3.32. The van der Waals surface area contributed by atoms with Gasteiger partial charge in [-0.2, -0.15) is 0 Å². The van der Waals surface area contributed by atoms with Gasteiger partial charge in [-0.15, -0.1) is 0 Å². The van der Waals surface area contributed by atoms with Crippen molar-refractivity contribution in [3.8, 4) is 0 Å². The molecule has 1 aromatic rings. The maximum absolute atomic E-state index is 12.2. The number of amides is 1. The highest BCUT2D eigenvalue weighted by molar-refractivity contribution is 6.06. The number of likely N-dealkylation sites (N-methyl/N-ethyl adjacent to an activating group) is 1. The first-order chi connectivity index (χ1) is 7.76. The van der Waals surface area contributed by atoms with E-state index in [0.717, 1.165) is 31.7 Å². The van der Waals surface area contributed by atoms with Crippen molar-refractivity contribution in [2.45, 2.75) is 18.8 Å². The van der Waals surface area contributed by atoms with Crippen molar-refractivity contribution in [2.24, 2.45) is 0 Å². The lowest BCUT2D eigenvalue weighted by Gasteiger charge is -2.21. The van der Waals surface area contributed by atoms with Gasteiger partial charge >= 0.3 is 0 Å². The van der Waals surface area contributed by atoms with Gasteiger partial charge in [-0.25, -0.2) is 0 Å². The highest BCUT2D eigenvalue weighted by atomic mass is 16.2. The summed E-state index contributed by atoms with van der Waals surface area (Å²) in [5.41, 5.74) is 1.92. The van der Waals surface area contributed by atoms with Crippen LogP contribution in [-0.2, 0) is 10.2 Å². The Bertz CT molecular complexity index is 443. The van der Waals surface area contributed by atoms with Crippen LogP contribution in [0.4, 0.5) is 5.69 Å². The molecule has 3 rings (SSSR count). The van der Waals surface area contributed by atoms with E-state index in [1.54, 1.807) is 0 Å². The first-order valence-corrected chi connectivity index (χ1v) is 5.89. The Labute approximate surface area is 95.4 Å². The second-order valence-electron chi connectivity index (χ2n) is 4.70. The van der Waals surface area contributed by atoms with Gasteiger partial charge in [0.1, 0.15) is 0 Å². The van der Waals surface area contributed by atoms with Crippen LogP contribution in [0.2, 0.25) is 0 Å². The van der Waals surface area contributed by atoms with Crippen molar-refractivity contribution in [1.82, 2.24) is 4.90 Å². The Morgan fingerprint density at radius 2 is 2.25 bits per heavy atom. The lowest BCUT2D eigenvalue weighted by atomic mass is 9.81. The molecule has 1 atom stereocenters. The molecule has 3 heteroatoms. The summed E-state index contributed by atoms with van der Waals surface area (Å²) in [6.07, 6.45) is 0.948. The van der Waals surface area contributed by atoms with E-state index in [0.29, 0.717) is 0 Å². The molecule has 84 valence electrons. The molecule has 1 fully saturated rings. The van der Waals surface area contributed by atoms with Crippen LogP contribution >= 0.6 is 0 Å². The zero-order valence-corrected chi connectivity index (χ0v) is 9.49. The van der Waals surface area contributed by atoms with Gasteiger partial charge in [-0.3, -0.25) is 4.79 Å². The number of para-hydroxylation sites is 1. The Hall–Kier alpha value is -1.35. The van der Waals surface area contributed by atoms with Crippen LogP contribution in [0.25, 0.3) is 0 Å². The number of carbonyl (C=O) groups is 1. The summed E-state index contributed by atoms with van der Waals surface area (Å²) in [5, 5.41) is 3.01. The van der Waals surface area contributed by atoms with Gasteiger partial charge in [0.15, 0.2) is 0 Å². The fraction of sp³-hybridized carbons (Fsp3) is 0.462. The van der Waals surface area contributed by atoms with Gasteiger partial charge in [0.2, 0.25) is 5.91 Å². The van der Waals surface area contributed by atoms with Crippen molar-refractivity contribution >= 4 is 11.6 Å². The monoisotopic (exact) mass is 216 g/mol. The van der Waals surface area contributed by atoms with Gasteiger partial charge in [-0.1, -0.05) is 25.1 Å². The molecule has 0 radical (unpaired) electrons. The number of benzene rings is 1. The number of fused-ring (bicyclic) bond motifs is 2. The largest absolute Gasteiger partial charge is 0.325 e. The molecule has 1 saturated heterocycles. The summed E-state index contributed by atoms with van der Waals surface area (Å²) in [6, 6.07) is 8.09. The number of hydrogen-bond acceptors (Lipinski definition) is 2. The van der Waals surface area contributed by atoms with Crippen LogP contribution in [0.3, 0.4) is 0 Å². The van der Waals surface area contributed by atoms with E-state index in [2.05, 4.69) is 23.2 Å². The average Bonchev–Trinajstić information content (AvgIpc) is 2.85. The van der Waals surface area contributed by atoms with Crippen molar-refractivity contribution in [2.75, 3.05) is 25.0 Å². The lowest BCUT2D eigenvalue weighted by Crippen LogP contribution is -2.37. The molecular weight excluding hydrogens is 200 g/mol. The van der Waals surface area contributed by atoms with Gasteiger partial charge in [-0.05, 0) is 31.1 Å². The zero-order valence-electron chi connectivity index (χ0n) is 9.49. The standard InChI is InChI=1S/C13H16N2O/c1-2-15-8-7-13(9-15)10-5-3-4-6-11(10)14-12(13)16/h3-6H,2,7-9H2,1H3,(H,14,16)/t13-/m0/s1. The molecule has 2 heterocycles. The fourth-order valence-corrected chi connectivity index (χ4v) is 2.94. The minimum absolute atomic E-state index is 0.185. The number of anilines is 1. The van der Waals surface area contributed by atoms with Gasteiger partial charge < -0.3 is 10.2 Å². The van der Waals surface area contributed by atoms with Crippen LogP contribution in [0.15, 0.2) is 24.3 Å². The summed E-state index contributed by atoms with van der Waals surface area (Å²) in [4.78, 5) is 14.5. The number of carbonyl (C=O) groups excluding carboxylic acids is 1. The molecule has 0 unspecified atom stereocenters. The van der Waals surface area contributed by atoms with Crippen molar-refractivity contribution < 1.29 is 4.79 Å². The summed E-state index contributed by atoms with van der Waals surface area (Å²) in [7, 11) is 0. The Morgan fingerprint density at radius 1 is 1.44 bits per heavy atom. The van der Waals surface area contributed by atoms with Crippen LogP contribution in [0, 0.1) is 0 Å². The highest BCUT2D eigenvalue weighted by Crippen LogP contribution is 2.43. The summed E-state index contributed by atoms with van der Waals surface area (Å²) >= 11 is 0. The van der Waals surface area contributed by atoms with E-state index in [4.69, 9.17) is 0 Å². The van der Waals surface area contributed by atoms with Gasteiger partial charge in [0, 0.05) is 12.2 Å². The van der Waals surface area contributed by atoms with E-state index in [1.165, 1.54) is 5.56 Å². The van der Waals surface area contributed by atoms with Gasteiger partial charge in [0.25, 0.3) is 0 Å². The molecule has 1 spiro atoms. The fourth-order valence-electron chi connectivity index (χ4n) is 2.94. The minimum atomic E-state index is -0.271. The molecule has 0 aromatic heterocycles. The van der Waals surface area contributed by atoms with Crippen LogP contribution in [0.5, 0.6) is 0 Å². The molecule has 0 bridgehead atoms. The summed E-state index contributed by atoms with van der Waals surface area (Å²) < 4.78 is 0. The maximum atomic E-state index is 12.2. The van der Waals surface area contributed by atoms with E-state index in [9.17, 15) is 4.79 Å². The van der Waals surface area contributed by atoms with Gasteiger partial charge in [0.05, 0.1) is 5.41 Å². The minimum Gasteiger partial charge on any atom is -0.325 e. The molecule has 2 aliphatic rings. The predicted octanol–water partition coefficient (Wildman–Crippen LogP) is 1.60. The average molecular weight is 216 g/mol. The number of hydrogen-bond donors (Lipinski definition) is 1. The molecule has 0 saturated carbocycles. The Balaban J connectivity index is 2.05. The third kappa shape index (κ3) is 1.15. The first kappa shape index (κ1) is 9.85. The third-order valence-corrected chi connectivity index (χ3v) is 3.92. The predicted molar refractivity (Wildman–Crippen MR) is 63.5 cm³/mol. The maximum Gasteiger partial charge on any atom is 0.236 e. The van der Waals surface area contributed by atoms with E-state index < -0.39 is 0 Å². The molecule has 1 aromatic carbocycles. The molecule has 0 aliphatic carbocycles. The smallest absolute Gasteiger partial charge is 0.236 e. The summed E-state index contributed by atoms with van der Waals surface area (Å²) in [5.74, 6) is 0.185. The third-order valence-electron chi connectivity index (χ3n) is 3.92. The topological polar surface area (TPSA) is 32.3 Å². The van der Waals surface area contributed by atoms with Crippen molar-refractivity contribution in [3.05, 3.63) is 29.8 Å². The quantitative estimate of drug-likeness (QED) is 0.773. The SMILES string of the molecule is CCN1CC[C@@]2(C1)C(=O)Nc1ccccc12. The normalized spacial score (nSPS) is 28.4. The number of nitrogens with one attached hydrogen (secondary N) is 1.